The highest BCUT2D eigenvalue weighted by atomic mass is 127. The summed E-state index contributed by atoms with van der Waals surface area (Å²) in [7, 11) is 0. The number of carbonyl (C=O) groups excluding carboxylic acids is 3. The second kappa shape index (κ2) is 10.4. The first kappa shape index (κ1) is 22.8. The summed E-state index contributed by atoms with van der Waals surface area (Å²) in [5, 5.41) is 15.8. The Kier molecular flexibility index (Phi) is 7.64. The van der Waals surface area contributed by atoms with Crippen molar-refractivity contribution in [2.45, 2.75) is 24.9 Å². The largest absolute Gasteiger partial charge is 0.508 e. The molecule has 0 aliphatic carbocycles. The minimum atomic E-state index is -0.895. The monoisotopic (exact) mass is 534 g/mol. The molecule has 9 heteroatoms. The van der Waals surface area contributed by atoms with E-state index in [1.807, 2.05) is 24.3 Å². The Morgan fingerprint density at radius 3 is 2.39 bits per heavy atom. The molecule has 2 atom stereocenters. The minimum absolute atomic E-state index is 0.119. The molecule has 0 spiro atoms. The number of phenolic OH excluding ortho intramolecular Hbond substituents is 1. The molecule has 162 valence electrons. The van der Waals surface area contributed by atoms with Gasteiger partial charge in [-0.25, -0.2) is 0 Å². The summed E-state index contributed by atoms with van der Waals surface area (Å²) >= 11 is 1.65. The number of para-hydroxylation sites is 1. The number of nitrogens with two attached hydrogens (primary N) is 1. The van der Waals surface area contributed by atoms with Crippen LogP contribution < -0.4 is 16.4 Å². The van der Waals surface area contributed by atoms with E-state index in [4.69, 9.17) is 5.73 Å². The van der Waals surface area contributed by atoms with Gasteiger partial charge in [0.05, 0.1) is 6.54 Å². The maximum Gasteiger partial charge on any atom is 0.243 e. The third kappa shape index (κ3) is 6.05. The van der Waals surface area contributed by atoms with E-state index >= 15 is 0 Å². The van der Waals surface area contributed by atoms with Crippen LogP contribution in [0, 0.1) is 0 Å². The number of amides is 2. The molecule has 6 N–H and O–H groups in total. The molecule has 1 heterocycles. The maximum atomic E-state index is 13.0. The van der Waals surface area contributed by atoms with Crippen LogP contribution in [0.1, 0.15) is 11.1 Å². The number of carbonyl (C=O) groups is 3. The van der Waals surface area contributed by atoms with E-state index in [-0.39, 0.29) is 28.9 Å². The summed E-state index contributed by atoms with van der Waals surface area (Å²) < 4.78 is -0.241. The van der Waals surface area contributed by atoms with Crippen molar-refractivity contribution < 1.29 is 19.5 Å². The molecule has 3 aromatic rings. The first-order valence-corrected chi connectivity index (χ1v) is 10.8. The number of nitrogens with one attached hydrogen (secondary N) is 3. The number of fused-ring (bicyclic) bond motifs is 1. The van der Waals surface area contributed by atoms with Crippen LogP contribution in [0.4, 0.5) is 0 Å². The molecule has 0 bridgehead atoms. The van der Waals surface area contributed by atoms with E-state index in [0.29, 0.717) is 0 Å². The first-order valence-electron chi connectivity index (χ1n) is 9.69. The molecule has 0 aliphatic rings. The number of hydrogen-bond acceptors (Lipinski definition) is 5. The van der Waals surface area contributed by atoms with Crippen molar-refractivity contribution in [3.63, 3.8) is 0 Å². The van der Waals surface area contributed by atoms with Gasteiger partial charge in [0.25, 0.3) is 0 Å². The number of phenols is 1. The molecule has 1 aromatic heterocycles. The van der Waals surface area contributed by atoms with Gasteiger partial charge < -0.3 is 26.5 Å². The van der Waals surface area contributed by atoms with Crippen LogP contribution in [-0.2, 0) is 27.2 Å². The van der Waals surface area contributed by atoms with Gasteiger partial charge in [-0.2, -0.15) is 0 Å². The molecule has 3 rings (SSSR count). The van der Waals surface area contributed by atoms with Crippen LogP contribution in [0.15, 0.2) is 54.7 Å². The zero-order valence-electron chi connectivity index (χ0n) is 16.6. The highest BCUT2D eigenvalue weighted by Crippen LogP contribution is 2.19. The van der Waals surface area contributed by atoms with Crippen molar-refractivity contribution in [3.8, 4) is 5.75 Å². The average Bonchev–Trinajstić information content (AvgIpc) is 3.17. The van der Waals surface area contributed by atoms with Crippen molar-refractivity contribution in [2.24, 2.45) is 5.73 Å². The van der Waals surface area contributed by atoms with Crippen molar-refractivity contribution in [1.29, 1.82) is 0 Å². The Balaban J connectivity index is 1.78. The average molecular weight is 534 g/mol. The van der Waals surface area contributed by atoms with E-state index < -0.39 is 23.9 Å². The van der Waals surface area contributed by atoms with Gasteiger partial charge in [-0.15, -0.1) is 0 Å². The van der Waals surface area contributed by atoms with Crippen molar-refractivity contribution in [2.75, 3.05) is 6.54 Å². The molecule has 0 radical (unpaired) electrons. The number of aromatic nitrogens is 1. The summed E-state index contributed by atoms with van der Waals surface area (Å²) in [4.78, 5) is 40.3. The lowest BCUT2D eigenvalue weighted by atomic mass is 10.0. The fraction of sp³-hybridized carbons (Fsp3) is 0.227. The van der Waals surface area contributed by atoms with Gasteiger partial charge >= 0.3 is 0 Å². The van der Waals surface area contributed by atoms with Gasteiger partial charge in [0.15, 0.2) is 0 Å². The summed E-state index contributed by atoms with van der Waals surface area (Å²) in [6, 6.07) is 12.4. The second-order valence-corrected chi connectivity index (χ2v) is 8.19. The zero-order valence-corrected chi connectivity index (χ0v) is 18.8. The molecule has 31 heavy (non-hydrogen) atoms. The smallest absolute Gasteiger partial charge is 0.243 e. The van der Waals surface area contributed by atoms with Gasteiger partial charge in [0, 0.05) is 52.5 Å². The number of benzene rings is 2. The van der Waals surface area contributed by atoms with E-state index in [0.717, 1.165) is 22.0 Å². The highest BCUT2D eigenvalue weighted by molar-refractivity contribution is 14.1. The number of hydrogen-bond donors (Lipinski definition) is 5. The maximum absolute atomic E-state index is 13.0. The summed E-state index contributed by atoms with van der Waals surface area (Å²) in [5.74, 6) is -0.815. The third-order valence-electron chi connectivity index (χ3n) is 4.90. The highest BCUT2D eigenvalue weighted by Gasteiger charge is 2.26. The molecule has 0 fully saturated rings. The second-order valence-electron chi connectivity index (χ2n) is 7.12. The zero-order chi connectivity index (χ0) is 22.4. The predicted octanol–water partition coefficient (Wildman–Crippen LogP) is 1.55. The summed E-state index contributed by atoms with van der Waals surface area (Å²) in [5.41, 5.74) is 8.00. The molecular formula is C22H23IN4O4. The fourth-order valence-corrected chi connectivity index (χ4v) is 3.69. The summed E-state index contributed by atoms with van der Waals surface area (Å²) in [6.07, 6.45) is 2.30. The van der Waals surface area contributed by atoms with Gasteiger partial charge in [-0.1, -0.05) is 30.3 Å². The third-order valence-corrected chi connectivity index (χ3v) is 5.65. The Labute approximate surface area is 192 Å². The number of H-pyrrole nitrogens is 1. The lowest BCUT2D eigenvalue weighted by molar-refractivity contribution is -0.129. The lowest BCUT2D eigenvalue weighted by Crippen LogP contribution is -2.53. The SMILES string of the molecule is NCC(=O)N[C@@H](Cc1c[nH]c2ccccc12)C(=O)N[C@@H](Cc1ccc(O)cc1)C(=O)I. The molecule has 0 unspecified atom stereocenters. The molecule has 0 aliphatic heterocycles. The lowest BCUT2D eigenvalue weighted by Gasteiger charge is -2.22. The van der Waals surface area contributed by atoms with Gasteiger partial charge in [-0.3, -0.25) is 14.4 Å². The Bertz CT molecular complexity index is 1080. The van der Waals surface area contributed by atoms with Crippen LogP contribution >= 0.6 is 22.6 Å². The van der Waals surface area contributed by atoms with E-state index in [1.54, 1.807) is 40.9 Å². The van der Waals surface area contributed by atoms with Gasteiger partial charge in [0.2, 0.25) is 15.6 Å². The van der Waals surface area contributed by atoms with Crippen LogP contribution in [0.25, 0.3) is 10.9 Å². The fourth-order valence-electron chi connectivity index (χ4n) is 3.31. The molecule has 0 saturated carbocycles. The normalized spacial score (nSPS) is 12.8. The van der Waals surface area contributed by atoms with Crippen molar-refractivity contribution in [3.05, 3.63) is 65.9 Å². The molecule has 2 aromatic carbocycles. The number of rotatable bonds is 9. The van der Waals surface area contributed by atoms with Crippen molar-refractivity contribution in [1.82, 2.24) is 15.6 Å². The Morgan fingerprint density at radius 2 is 1.71 bits per heavy atom. The first-order chi connectivity index (χ1) is 14.9. The van der Waals surface area contributed by atoms with E-state index in [1.165, 1.54) is 12.1 Å². The quantitative estimate of drug-likeness (QED) is 0.210. The summed E-state index contributed by atoms with van der Waals surface area (Å²) in [6.45, 7) is -0.250. The van der Waals surface area contributed by atoms with Gasteiger partial charge in [-0.05, 0) is 29.3 Å². The topological polar surface area (TPSA) is 137 Å². The van der Waals surface area contributed by atoms with E-state index in [2.05, 4.69) is 15.6 Å². The van der Waals surface area contributed by atoms with Gasteiger partial charge in [0.1, 0.15) is 17.8 Å². The molecule has 2 amide bonds. The van der Waals surface area contributed by atoms with Crippen LogP contribution in [-0.4, -0.2) is 44.3 Å². The predicted molar refractivity (Wildman–Crippen MR) is 126 cm³/mol. The number of aromatic amines is 1. The number of halogens is 1. The van der Waals surface area contributed by atoms with Crippen molar-refractivity contribution >= 4 is 49.1 Å². The standard InChI is InChI=1S/C22H23IN4O4/c23-21(30)18(9-13-5-7-15(28)8-6-13)27-22(31)19(26-20(29)11-24)10-14-12-25-17-4-2-1-3-16(14)17/h1-8,12,18-19,25,28H,9-11,24H2,(H,26,29)(H,27,31)/t18-,19-/m0/s1. The van der Waals surface area contributed by atoms with Crippen LogP contribution in [0.3, 0.4) is 0 Å². The van der Waals surface area contributed by atoms with Crippen LogP contribution in [0.5, 0.6) is 5.75 Å². The van der Waals surface area contributed by atoms with E-state index in [9.17, 15) is 19.5 Å². The Hall–Kier alpha value is -2.92. The Morgan fingerprint density at radius 1 is 1.00 bits per heavy atom. The number of aromatic hydroxyl groups is 1. The van der Waals surface area contributed by atoms with Crippen LogP contribution in [0.2, 0.25) is 0 Å². The minimum Gasteiger partial charge on any atom is -0.508 e. The molecule has 0 saturated heterocycles. The molecule has 8 nitrogen and oxygen atoms in total. The molecular weight excluding hydrogens is 511 g/mol.